The fourth-order valence-electron chi connectivity index (χ4n) is 7.62. The van der Waals surface area contributed by atoms with E-state index in [9.17, 15) is 15.0 Å². The van der Waals surface area contributed by atoms with Gasteiger partial charge in [-0.25, -0.2) is 0 Å². The number of carboxylic acid groups (broad SMARTS) is 1. The third-order valence-corrected chi connectivity index (χ3v) is 8.70. The largest absolute Gasteiger partial charge is 0.481 e. The van der Waals surface area contributed by atoms with Crippen molar-refractivity contribution in [3.63, 3.8) is 0 Å². The van der Waals surface area contributed by atoms with E-state index >= 15 is 0 Å². The van der Waals surface area contributed by atoms with Gasteiger partial charge >= 0.3 is 5.97 Å². The number of hydrogen-bond acceptors (Lipinski definition) is 2. The van der Waals surface area contributed by atoms with E-state index in [1.807, 2.05) is 6.92 Å². The van der Waals surface area contributed by atoms with Crippen molar-refractivity contribution in [1.29, 1.82) is 0 Å². The average Bonchev–Trinajstić information content (AvgIpc) is 2.68. The van der Waals surface area contributed by atoms with Crippen molar-refractivity contribution >= 4 is 5.97 Å². The quantitative estimate of drug-likeness (QED) is 0.718. The molecule has 1 spiro atoms. The molecule has 0 saturated heterocycles. The summed E-state index contributed by atoms with van der Waals surface area (Å²) >= 11 is 0. The number of hydrogen-bond donors (Lipinski definition) is 2. The first-order chi connectivity index (χ1) is 10.8. The first kappa shape index (κ1) is 15.7. The predicted octanol–water partition coefficient (Wildman–Crippen LogP) is 4.01. The number of aliphatic carboxylic acids is 1. The summed E-state index contributed by atoms with van der Waals surface area (Å²) in [6.07, 6.45) is 7.86. The fourth-order valence-corrected chi connectivity index (χ4v) is 7.62. The van der Waals surface area contributed by atoms with Crippen molar-refractivity contribution in [3.8, 4) is 0 Å². The van der Waals surface area contributed by atoms with Crippen LogP contribution in [0.4, 0.5) is 0 Å². The zero-order valence-corrected chi connectivity index (χ0v) is 14.5. The number of rotatable bonds is 1. The van der Waals surface area contributed by atoms with Crippen LogP contribution in [-0.4, -0.2) is 22.3 Å². The molecule has 3 nitrogen and oxygen atoms in total. The number of carboxylic acids is 1. The van der Waals surface area contributed by atoms with E-state index in [2.05, 4.69) is 13.5 Å². The van der Waals surface area contributed by atoms with Crippen molar-refractivity contribution < 1.29 is 15.0 Å². The molecule has 0 aromatic rings. The molecule has 4 fully saturated rings. The molecule has 128 valence electrons. The van der Waals surface area contributed by atoms with Crippen LogP contribution in [0, 0.1) is 34.0 Å². The molecule has 4 aliphatic rings. The molecular weight excluding hydrogens is 288 g/mol. The smallest absolute Gasteiger partial charge is 0.309 e. The van der Waals surface area contributed by atoms with Gasteiger partial charge in [-0.2, -0.15) is 0 Å². The van der Waals surface area contributed by atoms with Crippen molar-refractivity contribution in [3.05, 3.63) is 12.2 Å². The highest BCUT2D eigenvalue weighted by Crippen LogP contribution is 2.72. The lowest BCUT2D eigenvalue weighted by Gasteiger charge is -2.63. The Hall–Kier alpha value is -0.830. The highest BCUT2D eigenvalue weighted by molar-refractivity contribution is 5.75. The summed E-state index contributed by atoms with van der Waals surface area (Å²) in [6, 6.07) is 0. The van der Waals surface area contributed by atoms with Crippen LogP contribution in [0.3, 0.4) is 0 Å². The van der Waals surface area contributed by atoms with E-state index in [-0.39, 0.29) is 22.9 Å². The number of aliphatic hydroxyl groups is 1. The lowest BCUT2D eigenvalue weighted by atomic mass is 9.40. The maximum Gasteiger partial charge on any atom is 0.309 e. The summed E-state index contributed by atoms with van der Waals surface area (Å²) in [6.45, 7) is 8.53. The Morgan fingerprint density at radius 1 is 1.13 bits per heavy atom. The molecule has 0 aliphatic heterocycles. The summed E-state index contributed by atoms with van der Waals surface area (Å²) in [5.41, 5.74) is 0.514. The van der Waals surface area contributed by atoms with E-state index < -0.39 is 11.4 Å². The molecule has 0 aromatic heterocycles. The van der Waals surface area contributed by atoms with Crippen LogP contribution < -0.4 is 0 Å². The minimum absolute atomic E-state index is 0.0119. The highest BCUT2D eigenvalue weighted by atomic mass is 16.4. The van der Waals surface area contributed by atoms with Gasteiger partial charge in [0, 0.05) is 5.41 Å². The van der Waals surface area contributed by atoms with Crippen LogP contribution in [-0.2, 0) is 4.79 Å². The SMILES string of the molecule is C=C1[C@@H]2CC[C@@H]3[C@@]4(C)CCC[C@](C)(C(=O)O)[C@@H]4CC[C@@]3(C2)[C@H]1O. The fraction of sp³-hybridized carbons (Fsp3) is 0.850. The van der Waals surface area contributed by atoms with Crippen molar-refractivity contribution in [2.45, 2.75) is 71.3 Å². The standard InChI is InChI=1S/C20H30O3/c1-12-13-5-6-15-18(2)8-4-9-19(3,17(22)23)14(18)7-10-20(15,11-13)16(12)21/h13-16,21H,1,4-11H2,2-3H3,(H,22,23)/t13-,14-,15-,16+,18+,19+,20+/m1/s1. The molecule has 4 saturated carbocycles. The topological polar surface area (TPSA) is 57.5 Å². The Kier molecular flexibility index (Phi) is 3.15. The van der Waals surface area contributed by atoms with E-state index in [1.165, 1.54) is 0 Å². The molecule has 2 bridgehead atoms. The summed E-state index contributed by atoms with van der Waals surface area (Å²) in [4.78, 5) is 12.0. The molecule has 2 N–H and O–H groups in total. The predicted molar refractivity (Wildman–Crippen MR) is 88.8 cm³/mol. The summed E-state index contributed by atoms with van der Waals surface area (Å²) in [5.74, 6) is 0.581. The van der Waals surface area contributed by atoms with Crippen molar-refractivity contribution in [1.82, 2.24) is 0 Å². The summed E-state index contributed by atoms with van der Waals surface area (Å²) < 4.78 is 0. The first-order valence-electron chi connectivity index (χ1n) is 9.36. The Balaban J connectivity index is 1.78. The molecule has 23 heavy (non-hydrogen) atoms. The molecule has 0 heterocycles. The second-order valence-electron chi connectivity index (χ2n) is 9.41. The summed E-state index contributed by atoms with van der Waals surface area (Å²) in [7, 11) is 0. The van der Waals surface area contributed by atoms with Gasteiger partial charge in [-0.3, -0.25) is 4.79 Å². The monoisotopic (exact) mass is 318 g/mol. The molecule has 0 aromatic carbocycles. The van der Waals surface area contributed by atoms with Crippen LogP contribution in [0.25, 0.3) is 0 Å². The van der Waals surface area contributed by atoms with Crippen molar-refractivity contribution in [2.24, 2.45) is 34.0 Å². The Labute approximate surface area is 139 Å². The third-order valence-electron chi connectivity index (χ3n) is 8.70. The average molecular weight is 318 g/mol. The van der Waals surface area contributed by atoms with Gasteiger partial charge in [-0.15, -0.1) is 0 Å². The minimum atomic E-state index is -0.616. The van der Waals surface area contributed by atoms with E-state index in [4.69, 9.17) is 0 Å². The lowest BCUT2D eigenvalue weighted by molar-refractivity contribution is -0.190. The van der Waals surface area contributed by atoms with Crippen LogP contribution >= 0.6 is 0 Å². The van der Waals surface area contributed by atoms with E-state index in [0.717, 1.165) is 56.9 Å². The van der Waals surface area contributed by atoms with Crippen molar-refractivity contribution in [2.75, 3.05) is 0 Å². The molecular formula is C20H30O3. The first-order valence-corrected chi connectivity index (χ1v) is 9.36. The van der Waals surface area contributed by atoms with Crippen LogP contribution in [0.15, 0.2) is 12.2 Å². The maximum atomic E-state index is 12.0. The zero-order chi connectivity index (χ0) is 16.6. The lowest BCUT2D eigenvalue weighted by Crippen LogP contribution is -2.60. The Bertz CT molecular complexity index is 569. The zero-order valence-electron chi connectivity index (χ0n) is 14.5. The molecule has 7 atom stereocenters. The normalized spacial score (nSPS) is 55.2. The van der Waals surface area contributed by atoms with Gasteiger partial charge < -0.3 is 10.2 Å². The van der Waals surface area contributed by atoms with Gasteiger partial charge in [0.25, 0.3) is 0 Å². The van der Waals surface area contributed by atoms with E-state index in [0.29, 0.717) is 11.8 Å². The van der Waals surface area contributed by atoms with Crippen LogP contribution in [0.5, 0.6) is 0 Å². The second-order valence-corrected chi connectivity index (χ2v) is 9.41. The molecule has 0 amide bonds. The van der Waals surface area contributed by atoms with Gasteiger partial charge in [-0.05, 0) is 80.6 Å². The molecule has 3 heteroatoms. The molecule has 0 unspecified atom stereocenters. The number of carbonyl (C=O) groups is 1. The summed E-state index contributed by atoms with van der Waals surface area (Å²) in [5, 5.41) is 20.9. The second kappa shape index (κ2) is 4.62. The van der Waals surface area contributed by atoms with Gasteiger partial charge in [0.1, 0.15) is 0 Å². The molecule has 4 aliphatic carbocycles. The van der Waals surface area contributed by atoms with E-state index in [1.54, 1.807) is 0 Å². The number of aliphatic hydroxyl groups excluding tert-OH is 1. The molecule has 0 radical (unpaired) electrons. The van der Waals surface area contributed by atoms with Gasteiger partial charge in [0.2, 0.25) is 0 Å². The highest BCUT2D eigenvalue weighted by Gasteiger charge is 2.67. The Morgan fingerprint density at radius 3 is 2.57 bits per heavy atom. The number of fused-ring (bicyclic) bond motifs is 3. The van der Waals surface area contributed by atoms with Crippen LogP contribution in [0.2, 0.25) is 0 Å². The third kappa shape index (κ3) is 1.72. The minimum Gasteiger partial charge on any atom is -0.481 e. The Morgan fingerprint density at radius 2 is 1.87 bits per heavy atom. The maximum absolute atomic E-state index is 12.0. The van der Waals surface area contributed by atoms with Gasteiger partial charge in [-0.1, -0.05) is 19.9 Å². The van der Waals surface area contributed by atoms with Crippen LogP contribution in [0.1, 0.15) is 65.2 Å². The van der Waals surface area contributed by atoms with Gasteiger partial charge in [0.05, 0.1) is 11.5 Å². The molecule has 4 rings (SSSR count). The van der Waals surface area contributed by atoms with Gasteiger partial charge in [0.15, 0.2) is 0 Å².